The van der Waals surface area contributed by atoms with Gasteiger partial charge in [0.15, 0.2) is 0 Å². The van der Waals surface area contributed by atoms with Crippen molar-refractivity contribution in [1.29, 1.82) is 0 Å². The molecule has 0 radical (unpaired) electrons. The summed E-state index contributed by atoms with van der Waals surface area (Å²) >= 11 is 0. The van der Waals surface area contributed by atoms with Crippen LogP contribution in [0, 0.1) is 6.92 Å². The summed E-state index contributed by atoms with van der Waals surface area (Å²) in [6, 6.07) is 10.3. The molecule has 1 aliphatic heterocycles. The number of carboxylic acid groups (broad SMARTS) is 1. The fourth-order valence-corrected chi connectivity index (χ4v) is 2.78. The number of carboxylic acids is 1. The Bertz CT molecular complexity index is 878. The standard InChI is InChI=1S/C18H16N2O5/c1-10-4-2-3-5-13(10)19-14-9-16(22)20(17(14)23)11-6-7-12(18(24)25)15(21)8-11/h2-8,14,19,21H,9H2,1H3,(H,24,25). The number of hydrogen-bond donors (Lipinski definition) is 3. The van der Waals surface area contributed by atoms with Gasteiger partial charge in [-0.1, -0.05) is 18.2 Å². The number of benzene rings is 2. The van der Waals surface area contributed by atoms with Gasteiger partial charge in [-0.15, -0.1) is 0 Å². The van der Waals surface area contributed by atoms with Crippen molar-refractivity contribution in [2.75, 3.05) is 10.2 Å². The highest BCUT2D eigenvalue weighted by atomic mass is 16.4. The Kier molecular flexibility index (Phi) is 4.14. The van der Waals surface area contributed by atoms with Crippen LogP contribution in [0.4, 0.5) is 11.4 Å². The van der Waals surface area contributed by atoms with Crippen LogP contribution in [0.5, 0.6) is 5.75 Å². The van der Waals surface area contributed by atoms with Crippen LogP contribution in [0.15, 0.2) is 42.5 Å². The first kappa shape index (κ1) is 16.5. The molecule has 128 valence electrons. The molecule has 25 heavy (non-hydrogen) atoms. The van der Waals surface area contributed by atoms with E-state index in [1.165, 1.54) is 6.07 Å². The van der Waals surface area contributed by atoms with Crippen molar-refractivity contribution in [3.63, 3.8) is 0 Å². The molecule has 1 heterocycles. The van der Waals surface area contributed by atoms with Gasteiger partial charge in [0.25, 0.3) is 5.91 Å². The van der Waals surface area contributed by atoms with E-state index >= 15 is 0 Å². The summed E-state index contributed by atoms with van der Waals surface area (Å²) in [5.41, 5.74) is 1.56. The van der Waals surface area contributed by atoms with Gasteiger partial charge in [0.1, 0.15) is 17.4 Å². The fourth-order valence-electron chi connectivity index (χ4n) is 2.78. The van der Waals surface area contributed by atoms with Crippen molar-refractivity contribution in [2.45, 2.75) is 19.4 Å². The van der Waals surface area contributed by atoms with Crippen LogP contribution in [0.25, 0.3) is 0 Å². The first-order chi connectivity index (χ1) is 11.9. The van der Waals surface area contributed by atoms with E-state index in [1.807, 2.05) is 31.2 Å². The largest absolute Gasteiger partial charge is 0.507 e. The molecule has 1 unspecified atom stereocenters. The number of imide groups is 1. The molecule has 0 aromatic heterocycles. The summed E-state index contributed by atoms with van der Waals surface area (Å²) < 4.78 is 0. The monoisotopic (exact) mass is 340 g/mol. The minimum atomic E-state index is -1.29. The Morgan fingerprint density at radius 2 is 1.92 bits per heavy atom. The van der Waals surface area contributed by atoms with E-state index in [0.29, 0.717) is 0 Å². The first-order valence-electron chi connectivity index (χ1n) is 7.63. The van der Waals surface area contributed by atoms with Crippen LogP contribution in [0.2, 0.25) is 0 Å². The number of hydrogen-bond acceptors (Lipinski definition) is 5. The third-order valence-corrected chi connectivity index (χ3v) is 4.09. The molecule has 1 fully saturated rings. The highest BCUT2D eigenvalue weighted by molar-refractivity contribution is 6.23. The molecule has 1 atom stereocenters. The summed E-state index contributed by atoms with van der Waals surface area (Å²) in [4.78, 5) is 36.8. The van der Waals surface area contributed by atoms with Crippen molar-refractivity contribution in [1.82, 2.24) is 0 Å². The number of aromatic hydroxyl groups is 1. The number of carbonyl (C=O) groups excluding carboxylic acids is 2. The lowest BCUT2D eigenvalue weighted by atomic mass is 10.1. The molecule has 0 spiro atoms. The second-order valence-electron chi connectivity index (χ2n) is 5.79. The lowest BCUT2D eigenvalue weighted by Crippen LogP contribution is -2.34. The Morgan fingerprint density at radius 1 is 1.20 bits per heavy atom. The molecule has 0 bridgehead atoms. The number of carbonyl (C=O) groups is 3. The molecule has 3 rings (SSSR count). The van der Waals surface area contributed by atoms with E-state index in [-0.39, 0.29) is 17.7 Å². The summed E-state index contributed by atoms with van der Waals surface area (Å²) in [6.07, 6.45) is -0.0192. The van der Waals surface area contributed by atoms with Crippen molar-refractivity contribution in [2.24, 2.45) is 0 Å². The van der Waals surface area contributed by atoms with Gasteiger partial charge in [0, 0.05) is 11.8 Å². The maximum atomic E-state index is 12.6. The van der Waals surface area contributed by atoms with Gasteiger partial charge < -0.3 is 15.5 Å². The van der Waals surface area contributed by atoms with E-state index in [9.17, 15) is 19.5 Å². The summed E-state index contributed by atoms with van der Waals surface area (Å²) in [6.45, 7) is 1.89. The molecule has 0 aliphatic carbocycles. The molecule has 2 aromatic rings. The van der Waals surface area contributed by atoms with E-state index in [1.54, 1.807) is 0 Å². The van der Waals surface area contributed by atoms with Crippen molar-refractivity contribution >= 4 is 29.2 Å². The molecule has 0 saturated carbocycles. The normalized spacial score (nSPS) is 17.0. The minimum absolute atomic E-state index is 0.0192. The minimum Gasteiger partial charge on any atom is -0.507 e. The molecule has 1 saturated heterocycles. The lowest BCUT2D eigenvalue weighted by molar-refractivity contribution is -0.121. The van der Waals surface area contributed by atoms with Gasteiger partial charge in [0.2, 0.25) is 5.91 Å². The number of aromatic carboxylic acids is 1. The third-order valence-electron chi connectivity index (χ3n) is 4.09. The number of aryl methyl sites for hydroxylation is 1. The van der Waals surface area contributed by atoms with Gasteiger partial charge >= 0.3 is 5.97 Å². The van der Waals surface area contributed by atoms with E-state index in [0.717, 1.165) is 28.3 Å². The highest BCUT2D eigenvalue weighted by Gasteiger charge is 2.40. The van der Waals surface area contributed by atoms with Crippen LogP contribution < -0.4 is 10.2 Å². The highest BCUT2D eigenvalue weighted by Crippen LogP contribution is 2.30. The van der Waals surface area contributed by atoms with E-state index in [2.05, 4.69) is 5.32 Å². The Morgan fingerprint density at radius 3 is 2.56 bits per heavy atom. The SMILES string of the molecule is Cc1ccccc1NC1CC(=O)N(c2ccc(C(=O)O)c(O)c2)C1=O. The van der Waals surface area contributed by atoms with Crippen molar-refractivity contribution in [3.8, 4) is 5.75 Å². The van der Waals surface area contributed by atoms with Crippen molar-refractivity contribution in [3.05, 3.63) is 53.6 Å². The number of phenols is 1. The first-order valence-corrected chi connectivity index (χ1v) is 7.63. The van der Waals surface area contributed by atoms with Crippen LogP contribution in [-0.4, -0.2) is 34.0 Å². The lowest BCUT2D eigenvalue weighted by Gasteiger charge is -2.17. The molecule has 7 heteroatoms. The van der Waals surface area contributed by atoms with E-state index < -0.39 is 29.6 Å². The van der Waals surface area contributed by atoms with Gasteiger partial charge in [-0.25, -0.2) is 9.69 Å². The smallest absolute Gasteiger partial charge is 0.339 e. The molecule has 2 aromatic carbocycles. The van der Waals surface area contributed by atoms with Crippen LogP contribution >= 0.6 is 0 Å². The zero-order valence-electron chi connectivity index (χ0n) is 13.4. The van der Waals surface area contributed by atoms with Crippen LogP contribution in [0.3, 0.4) is 0 Å². The Labute approximate surface area is 143 Å². The zero-order chi connectivity index (χ0) is 18.1. The zero-order valence-corrected chi connectivity index (χ0v) is 13.4. The fraction of sp³-hybridized carbons (Fsp3) is 0.167. The number of anilines is 2. The number of nitrogens with one attached hydrogen (secondary N) is 1. The van der Waals surface area contributed by atoms with Crippen LogP contribution in [-0.2, 0) is 9.59 Å². The van der Waals surface area contributed by atoms with Crippen molar-refractivity contribution < 1.29 is 24.6 Å². The van der Waals surface area contributed by atoms with Gasteiger partial charge in [-0.05, 0) is 30.7 Å². The predicted octanol–water partition coefficient (Wildman–Crippen LogP) is 2.14. The summed E-state index contributed by atoms with van der Waals surface area (Å²) in [5, 5.41) is 21.8. The topological polar surface area (TPSA) is 107 Å². The maximum absolute atomic E-state index is 12.6. The van der Waals surface area contributed by atoms with Gasteiger partial charge in [-0.2, -0.15) is 0 Å². The molecule has 1 aliphatic rings. The number of amides is 2. The summed E-state index contributed by atoms with van der Waals surface area (Å²) in [5.74, 6) is -2.66. The molecular weight excluding hydrogens is 324 g/mol. The van der Waals surface area contributed by atoms with Crippen LogP contribution in [0.1, 0.15) is 22.3 Å². The molecule has 2 amide bonds. The molecule has 3 N–H and O–H groups in total. The average Bonchev–Trinajstić information content (AvgIpc) is 2.83. The second kappa shape index (κ2) is 6.27. The number of nitrogens with zero attached hydrogens (tertiary/aromatic N) is 1. The number of rotatable bonds is 4. The second-order valence-corrected chi connectivity index (χ2v) is 5.79. The number of para-hydroxylation sites is 1. The molecular formula is C18H16N2O5. The van der Waals surface area contributed by atoms with E-state index in [4.69, 9.17) is 5.11 Å². The Balaban J connectivity index is 1.86. The third kappa shape index (κ3) is 3.03. The maximum Gasteiger partial charge on any atom is 0.339 e. The van der Waals surface area contributed by atoms with Gasteiger partial charge in [0.05, 0.1) is 12.1 Å². The average molecular weight is 340 g/mol. The van der Waals surface area contributed by atoms with Gasteiger partial charge in [-0.3, -0.25) is 9.59 Å². The summed E-state index contributed by atoms with van der Waals surface area (Å²) in [7, 11) is 0. The molecule has 7 nitrogen and oxygen atoms in total. The predicted molar refractivity (Wildman–Crippen MR) is 90.8 cm³/mol. The Hall–Kier alpha value is -3.35. The quantitative estimate of drug-likeness (QED) is 0.736.